The number of hydrogen-bond acceptors (Lipinski definition) is 3. The number of aromatic nitrogens is 1. The molecule has 0 aliphatic carbocycles. The summed E-state index contributed by atoms with van der Waals surface area (Å²) in [5.41, 5.74) is 0.984. The summed E-state index contributed by atoms with van der Waals surface area (Å²) in [7, 11) is 1.77. The summed E-state index contributed by atoms with van der Waals surface area (Å²) < 4.78 is 0. The SMILES string of the molecule is CCCCN(C)C(=O)c1ccc(NC(C)=O)cn1. The highest BCUT2D eigenvalue weighted by molar-refractivity contribution is 5.93. The van der Waals surface area contributed by atoms with Crippen molar-refractivity contribution in [3.05, 3.63) is 24.0 Å². The predicted octanol–water partition coefficient (Wildman–Crippen LogP) is 1.91. The zero-order chi connectivity index (χ0) is 13.5. The molecule has 0 atom stereocenters. The molecule has 18 heavy (non-hydrogen) atoms. The van der Waals surface area contributed by atoms with Crippen LogP contribution in [-0.2, 0) is 4.79 Å². The largest absolute Gasteiger partial charge is 0.340 e. The molecule has 1 heterocycles. The van der Waals surface area contributed by atoms with E-state index in [1.165, 1.54) is 13.1 Å². The second-order valence-corrected chi connectivity index (χ2v) is 4.19. The number of nitrogens with zero attached hydrogens (tertiary/aromatic N) is 2. The molecule has 0 aliphatic heterocycles. The van der Waals surface area contributed by atoms with Crippen molar-refractivity contribution in [2.24, 2.45) is 0 Å². The van der Waals surface area contributed by atoms with Gasteiger partial charge in [-0.2, -0.15) is 0 Å². The van der Waals surface area contributed by atoms with Gasteiger partial charge in [-0.05, 0) is 18.6 Å². The molecular weight excluding hydrogens is 230 g/mol. The smallest absolute Gasteiger partial charge is 0.272 e. The van der Waals surface area contributed by atoms with E-state index in [2.05, 4.69) is 17.2 Å². The second kappa shape index (κ2) is 6.74. The number of nitrogens with one attached hydrogen (secondary N) is 1. The molecule has 0 aromatic carbocycles. The molecule has 0 saturated heterocycles. The zero-order valence-electron chi connectivity index (χ0n) is 11.1. The van der Waals surface area contributed by atoms with Gasteiger partial charge in [-0.1, -0.05) is 13.3 Å². The molecule has 5 heteroatoms. The van der Waals surface area contributed by atoms with Crippen LogP contribution in [0.15, 0.2) is 18.3 Å². The molecule has 2 amide bonds. The average Bonchev–Trinajstić information content (AvgIpc) is 2.35. The van der Waals surface area contributed by atoms with Gasteiger partial charge in [0.05, 0.1) is 11.9 Å². The molecule has 1 aromatic rings. The van der Waals surface area contributed by atoms with E-state index in [0.29, 0.717) is 11.4 Å². The van der Waals surface area contributed by atoms with Gasteiger partial charge in [0.2, 0.25) is 5.91 Å². The van der Waals surface area contributed by atoms with Crippen LogP contribution in [0, 0.1) is 0 Å². The number of carbonyl (C=O) groups is 2. The minimum absolute atomic E-state index is 0.0992. The molecule has 0 unspecified atom stereocenters. The van der Waals surface area contributed by atoms with Crippen LogP contribution in [0.5, 0.6) is 0 Å². The zero-order valence-corrected chi connectivity index (χ0v) is 11.1. The molecule has 98 valence electrons. The molecule has 0 bridgehead atoms. The van der Waals surface area contributed by atoms with Crippen LogP contribution < -0.4 is 5.32 Å². The van der Waals surface area contributed by atoms with Crippen LogP contribution in [0.25, 0.3) is 0 Å². The highest BCUT2D eigenvalue weighted by Gasteiger charge is 2.12. The normalized spacial score (nSPS) is 9.94. The Morgan fingerprint density at radius 1 is 1.39 bits per heavy atom. The van der Waals surface area contributed by atoms with Crippen LogP contribution in [0.1, 0.15) is 37.2 Å². The van der Waals surface area contributed by atoms with E-state index >= 15 is 0 Å². The minimum atomic E-state index is -0.157. The Balaban J connectivity index is 2.66. The standard InChI is InChI=1S/C13H19N3O2/c1-4-5-8-16(3)13(18)12-7-6-11(9-14-12)15-10(2)17/h6-7,9H,4-5,8H2,1-3H3,(H,15,17). The van der Waals surface area contributed by atoms with E-state index in [9.17, 15) is 9.59 Å². The van der Waals surface area contributed by atoms with Crippen molar-refractivity contribution in [2.75, 3.05) is 18.9 Å². The summed E-state index contributed by atoms with van der Waals surface area (Å²) in [6.07, 6.45) is 3.51. The third kappa shape index (κ3) is 4.16. The lowest BCUT2D eigenvalue weighted by atomic mass is 10.2. The van der Waals surface area contributed by atoms with Gasteiger partial charge in [0.25, 0.3) is 5.91 Å². The maximum atomic E-state index is 12.0. The summed E-state index contributed by atoms with van der Waals surface area (Å²) in [5, 5.41) is 2.61. The molecule has 1 N–H and O–H groups in total. The fourth-order valence-electron chi connectivity index (χ4n) is 1.49. The number of rotatable bonds is 5. The third-order valence-electron chi connectivity index (χ3n) is 2.50. The molecule has 5 nitrogen and oxygen atoms in total. The van der Waals surface area contributed by atoms with Gasteiger partial charge in [-0.25, -0.2) is 4.98 Å². The second-order valence-electron chi connectivity index (χ2n) is 4.19. The number of anilines is 1. The maximum Gasteiger partial charge on any atom is 0.272 e. The average molecular weight is 249 g/mol. The summed E-state index contributed by atoms with van der Waals surface area (Å²) >= 11 is 0. The number of carbonyl (C=O) groups excluding carboxylic acids is 2. The first-order valence-corrected chi connectivity index (χ1v) is 6.03. The fourth-order valence-corrected chi connectivity index (χ4v) is 1.49. The molecule has 0 radical (unpaired) electrons. The van der Waals surface area contributed by atoms with Crippen LogP contribution in [0.4, 0.5) is 5.69 Å². The van der Waals surface area contributed by atoms with Crippen molar-refractivity contribution in [1.29, 1.82) is 0 Å². The van der Waals surface area contributed by atoms with Gasteiger partial charge >= 0.3 is 0 Å². The Labute approximate surface area is 107 Å². The summed E-state index contributed by atoms with van der Waals surface area (Å²) in [6.45, 7) is 4.24. The summed E-state index contributed by atoms with van der Waals surface area (Å²) in [4.78, 5) is 28.5. The van der Waals surface area contributed by atoms with Gasteiger partial charge in [-0.15, -0.1) is 0 Å². The van der Waals surface area contributed by atoms with E-state index in [1.807, 2.05) is 0 Å². The van der Waals surface area contributed by atoms with Crippen molar-refractivity contribution in [2.45, 2.75) is 26.7 Å². The van der Waals surface area contributed by atoms with Gasteiger partial charge in [0, 0.05) is 20.5 Å². The molecule has 0 saturated carbocycles. The van der Waals surface area contributed by atoms with E-state index in [4.69, 9.17) is 0 Å². The van der Waals surface area contributed by atoms with Crippen LogP contribution >= 0.6 is 0 Å². The van der Waals surface area contributed by atoms with Gasteiger partial charge in [0.15, 0.2) is 0 Å². The monoisotopic (exact) mass is 249 g/mol. The molecule has 0 aliphatic rings. The summed E-state index contributed by atoms with van der Waals surface area (Å²) in [5.74, 6) is -0.256. The van der Waals surface area contributed by atoms with Crippen LogP contribution in [0.2, 0.25) is 0 Å². The number of pyridine rings is 1. The molecular formula is C13H19N3O2. The first-order valence-electron chi connectivity index (χ1n) is 6.03. The van der Waals surface area contributed by atoms with Gasteiger partial charge < -0.3 is 10.2 Å². The topological polar surface area (TPSA) is 62.3 Å². The molecule has 1 rings (SSSR count). The highest BCUT2D eigenvalue weighted by Crippen LogP contribution is 2.08. The first kappa shape index (κ1) is 14.2. The highest BCUT2D eigenvalue weighted by atomic mass is 16.2. The van der Waals surface area contributed by atoms with Gasteiger partial charge in [-0.3, -0.25) is 9.59 Å². The fraction of sp³-hybridized carbons (Fsp3) is 0.462. The summed E-state index contributed by atoms with van der Waals surface area (Å²) in [6, 6.07) is 3.30. The number of hydrogen-bond donors (Lipinski definition) is 1. The van der Waals surface area contributed by atoms with E-state index < -0.39 is 0 Å². The van der Waals surface area contributed by atoms with Crippen molar-refractivity contribution in [3.8, 4) is 0 Å². The van der Waals surface area contributed by atoms with E-state index in [-0.39, 0.29) is 11.8 Å². The Bertz CT molecular complexity index is 415. The van der Waals surface area contributed by atoms with Crippen molar-refractivity contribution >= 4 is 17.5 Å². The molecule has 0 spiro atoms. The maximum absolute atomic E-state index is 12.0. The van der Waals surface area contributed by atoms with Crippen LogP contribution in [0.3, 0.4) is 0 Å². The third-order valence-corrected chi connectivity index (χ3v) is 2.50. The molecule has 0 fully saturated rings. The Morgan fingerprint density at radius 2 is 2.11 bits per heavy atom. The van der Waals surface area contributed by atoms with E-state index in [1.54, 1.807) is 24.1 Å². The lowest BCUT2D eigenvalue weighted by Gasteiger charge is -2.16. The molecule has 1 aromatic heterocycles. The number of amides is 2. The predicted molar refractivity (Wildman–Crippen MR) is 70.4 cm³/mol. The Hall–Kier alpha value is -1.91. The lowest BCUT2D eigenvalue weighted by molar-refractivity contribution is -0.114. The first-order chi connectivity index (χ1) is 8.54. The van der Waals surface area contributed by atoms with Crippen molar-refractivity contribution < 1.29 is 9.59 Å². The van der Waals surface area contributed by atoms with Crippen molar-refractivity contribution in [1.82, 2.24) is 9.88 Å². The number of unbranched alkanes of at least 4 members (excludes halogenated alkanes) is 1. The van der Waals surface area contributed by atoms with Crippen molar-refractivity contribution in [3.63, 3.8) is 0 Å². The lowest BCUT2D eigenvalue weighted by Crippen LogP contribution is -2.28. The quantitative estimate of drug-likeness (QED) is 0.867. The minimum Gasteiger partial charge on any atom is -0.340 e. The van der Waals surface area contributed by atoms with Gasteiger partial charge in [0.1, 0.15) is 5.69 Å². The van der Waals surface area contributed by atoms with Crippen LogP contribution in [-0.4, -0.2) is 35.3 Å². The van der Waals surface area contributed by atoms with E-state index in [0.717, 1.165) is 19.4 Å². The Kier molecular flexibility index (Phi) is 5.30. The Morgan fingerprint density at radius 3 is 2.61 bits per heavy atom.